The molecule has 2 rings (SSSR count). The Bertz CT molecular complexity index is 796. The molecule has 0 saturated heterocycles. The van der Waals surface area contributed by atoms with E-state index in [-0.39, 0.29) is 17.8 Å². The first-order valence-corrected chi connectivity index (χ1v) is 9.25. The highest BCUT2D eigenvalue weighted by Crippen LogP contribution is 2.25. The number of aryl methyl sites for hydroxylation is 1. The second-order valence-electron chi connectivity index (χ2n) is 6.05. The van der Waals surface area contributed by atoms with Crippen LogP contribution in [0.5, 0.6) is 0 Å². The maximum absolute atomic E-state index is 13.4. The molecule has 1 atom stereocenters. The van der Waals surface area contributed by atoms with Gasteiger partial charge in [0.2, 0.25) is 0 Å². The zero-order chi connectivity index (χ0) is 18.6. The van der Waals surface area contributed by atoms with Crippen LogP contribution in [0.15, 0.2) is 34.7 Å². The number of hydrogen-bond acceptors (Lipinski definition) is 3. The molecule has 2 aromatic rings. The molecule has 3 nitrogen and oxygen atoms in total. The third-order valence-corrected chi connectivity index (χ3v) is 5.31. The van der Waals surface area contributed by atoms with Gasteiger partial charge in [0.25, 0.3) is 5.91 Å². The number of allylic oxidation sites excluding steroid dienone is 2. The summed E-state index contributed by atoms with van der Waals surface area (Å²) in [4.78, 5) is 13.1. The average Bonchev–Trinajstić information content (AvgIpc) is 3.06. The van der Waals surface area contributed by atoms with Gasteiger partial charge in [0.15, 0.2) is 0 Å². The number of thiophene rings is 1. The molecule has 0 aliphatic heterocycles. The fraction of sp³-hybridized carbons (Fsp3) is 0.316. The number of halogens is 2. The molecule has 1 aromatic heterocycles. The van der Waals surface area contributed by atoms with Crippen molar-refractivity contribution in [3.8, 4) is 0 Å². The zero-order valence-corrected chi connectivity index (χ0v) is 16.1. The van der Waals surface area contributed by atoms with Gasteiger partial charge in [-0.15, -0.1) is 11.3 Å². The van der Waals surface area contributed by atoms with E-state index in [1.54, 1.807) is 19.1 Å². The van der Waals surface area contributed by atoms with Crippen molar-refractivity contribution in [2.75, 3.05) is 6.54 Å². The predicted octanol–water partition coefficient (Wildman–Crippen LogP) is 4.49. The number of hydrogen-bond donors (Lipinski definition) is 2. The van der Waals surface area contributed by atoms with Crippen molar-refractivity contribution < 1.29 is 9.18 Å². The number of nitrogens with two attached hydrogens (primary N) is 1. The maximum atomic E-state index is 13.4. The van der Waals surface area contributed by atoms with Crippen LogP contribution in [0.3, 0.4) is 0 Å². The first-order chi connectivity index (χ1) is 11.8. The minimum Gasteiger partial charge on any atom is -0.347 e. The Labute approximate surface area is 156 Å². The Kier molecular flexibility index (Phi) is 6.76. The van der Waals surface area contributed by atoms with Crippen LogP contribution in [0, 0.1) is 12.7 Å². The monoisotopic (exact) mass is 380 g/mol. The van der Waals surface area contributed by atoms with Crippen LogP contribution in [0.25, 0.3) is 5.57 Å². The summed E-state index contributed by atoms with van der Waals surface area (Å²) in [6.07, 6.45) is 0.557. The van der Waals surface area contributed by atoms with E-state index in [2.05, 4.69) is 5.32 Å². The van der Waals surface area contributed by atoms with E-state index in [9.17, 15) is 9.18 Å². The molecule has 1 unspecified atom stereocenters. The quantitative estimate of drug-likeness (QED) is 0.776. The van der Waals surface area contributed by atoms with Crippen LogP contribution in [0.2, 0.25) is 0 Å². The lowest BCUT2D eigenvalue weighted by Gasteiger charge is -2.17. The van der Waals surface area contributed by atoms with Crippen molar-refractivity contribution in [3.05, 3.63) is 62.1 Å². The SMILES string of the molecule is C/C(Cl)=C(\C)c1csc(C(=O)NC(CN)Cc2ccc(F)c(C)c2)c1. The second-order valence-corrected chi connectivity index (χ2v) is 7.53. The van der Waals surface area contributed by atoms with Gasteiger partial charge in [-0.25, -0.2) is 4.39 Å². The number of nitrogens with one attached hydrogen (secondary N) is 1. The maximum Gasteiger partial charge on any atom is 0.261 e. The highest BCUT2D eigenvalue weighted by atomic mass is 35.5. The van der Waals surface area contributed by atoms with Crippen molar-refractivity contribution in [3.63, 3.8) is 0 Å². The highest BCUT2D eigenvalue weighted by Gasteiger charge is 2.16. The summed E-state index contributed by atoms with van der Waals surface area (Å²) in [7, 11) is 0. The van der Waals surface area contributed by atoms with Gasteiger partial charge >= 0.3 is 0 Å². The molecule has 0 aliphatic carbocycles. The third-order valence-electron chi connectivity index (χ3n) is 4.10. The number of benzene rings is 1. The molecule has 0 aliphatic rings. The normalized spacial score (nSPS) is 13.4. The zero-order valence-electron chi connectivity index (χ0n) is 14.5. The molecule has 1 heterocycles. The van der Waals surface area contributed by atoms with E-state index < -0.39 is 0 Å². The Hall–Kier alpha value is -1.69. The Morgan fingerprint density at radius 2 is 2.08 bits per heavy atom. The lowest BCUT2D eigenvalue weighted by Crippen LogP contribution is -2.41. The van der Waals surface area contributed by atoms with E-state index in [4.69, 9.17) is 17.3 Å². The molecule has 1 aromatic carbocycles. The Morgan fingerprint density at radius 3 is 2.68 bits per heavy atom. The van der Waals surface area contributed by atoms with Crippen LogP contribution in [0.1, 0.15) is 40.2 Å². The van der Waals surface area contributed by atoms with Crippen molar-refractivity contribution in [1.29, 1.82) is 0 Å². The van der Waals surface area contributed by atoms with Gasteiger partial charge < -0.3 is 11.1 Å². The molecule has 6 heteroatoms. The molecule has 0 spiro atoms. The van der Waals surface area contributed by atoms with Gasteiger partial charge in [-0.1, -0.05) is 23.7 Å². The fourth-order valence-electron chi connectivity index (χ4n) is 2.42. The van der Waals surface area contributed by atoms with Crippen LogP contribution in [0.4, 0.5) is 4.39 Å². The Balaban J connectivity index is 2.07. The lowest BCUT2D eigenvalue weighted by atomic mass is 10.0. The van der Waals surface area contributed by atoms with E-state index in [1.807, 2.05) is 25.3 Å². The minimum absolute atomic E-state index is 0.162. The third kappa shape index (κ3) is 5.14. The summed E-state index contributed by atoms with van der Waals surface area (Å²) in [6, 6.07) is 6.56. The van der Waals surface area contributed by atoms with Crippen molar-refractivity contribution >= 4 is 34.4 Å². The predicted molar refractivity (Wildman–Crippen MR) is 104 cm³/mol. The molecule has 0 fully saturated rings. The first kappa shape index (κ1) is 19.6. The molecule has 0 radical (unpaired) electrons. The fourth-order valence-corrected chi connectivity index (χ4v) is 3.39. The molecule has 3 N–H and O–H groups in total. The molecular formula is C19H22ClFN2OS. The van der Waals surface area contributed by atoms with Gasteiger partial charge in [-0.2, -0.15) is 0 Å². The van der Waals surface area contributed by atoms with Gasteiger partial charge in [0, 0.05) is 17.6 Å². The first-order valence-electron chi connectivity index (χ1n) is 7.99. The average molecular weight is 381 g/mol. The number of rotatable bonds is 6. The van der Waals surface area contributed by atoms with E-state index >= 15 is 0 Å². The van der Waals surface area contributed by atoms with E-state index in [0.717, 1.165) is 16.7 Å². The van der Waals surface area contributed by atoms with Crippen LogP contribution >= 0.6 is 22.9 Å². The number of carbonyl (C=O) groups is 1. The molecule has 134 valence electrons. The summed E-state index contributed by atoms with van der Waals surface area (Å²) in [5.74, 6) is -0.397. The standard InChI is InChI=1S/C19H22ClFN2OS/c1-11-6-14(4-5-17(11)21)7-16(9-22)23-19(24)18-8-15(10-25-18)12(2)13(3)20/h4-6,8,10,16H,7,9,22H2,1-3H3,(H,23,24)/b13-12-. The lowest BCUT2D eigenvalue weighted by molar-refractivity contribution is 0.0942. The largest absolute Gasteiger partial charge is 0.347 e. The summed E-state index contributed by atoms with van der Waals surface area (Å²) in [5, 5.41) is 5.57. The summed E-state index contributed by atoms with van der Waals surface area (Å²) < 4.78 is 13.4. The van der Waals surface area contributed by atoms with Gasteiger partial charge in [-0.3, -0.25) is 4.79 Å². The summed E-state index contributed by atoms with van der Waals surface area (Å²) >= 11 is 7.38. The van der Waals surface area contributed by atoms with Gasteiger partial charge in [0.05, 0.1) is 4.88 Å². The molecule has 1 amide bonds. The smallest absolute Gasteiger partial charge is 0.261 e. The van der Waals surface area contributed by atoms with Crippen LogP contribution < -0.4 is 11.1 Å². The van der Waals surface area contributed by atoms with E-state index in [0.29, 0.717) is 28.4 Å². The second kappa shape index (κ2) is 8.61. The Morgan fingerprint density at radius 1 is 1.36 bits per heavy atom. The number of amides is 1. The number of carbonyl (C=O) groups excluding carboxylic acids is 1. The summed E-state index contributed by atoms with van der Waals surface area (Å²) in [6.45, 7) is 5.77. The highest BCUT2D eigenvalue weighted by molar-refractivity contribution is 7.12. The molecular weight excluding hydrogens is 359 g/mol. The van der Waals surface area contributed by atoms with Crippen molar-refractivity contribution in [1.82, 2.24) is 5.32 Å². The topological polar surface area (TPSA) is 55.1 Å². The van der Waals surface area contributed by atoms with Gasteiger partial charge in [-0.05, 0) is 67.0 Å². The van der Waals surface area contributed by atoms with E-state index in [1.165, 1.54) is 17.4 Å². The minimum atomic E-state index is -0.235. The van der Waals surface area contributed by atoms with Crippen molar-refractivity contribution in [2.24, 2.45) is 5.73 Å². The van der Waals surface area contributed by atoms with Crippen LogP contribution in [-0.2, 0) is 6.42 Å². The molecule has 0 saturated carbocycles. The van der Waals surface area contributed by atoms with Crippen molar-refractivity contribution in [2.45, 2.75) is 33.2 Å². The molecule has 25 heavy (non-hydrogen) atoms. The molecule has 0 bridgehead atoms. The summed E-state index contributed by atoms with van der Waals surface area (Å²) in [5.41, 5.74) is 9.22. The van der Waals surface area contributed by atoms with Gasteiger partial charge in [0.1, 0.15) is 5.82 Å². The van der Waals surface area contributed by atoms with Crippen LogP contribution in [-0.4, -0.2) is 18.5 Å².